The smallest absolute Gasteiger partial charge is 0.354 e. The van der Waals surface area contributed by atoms with Crippen LogP contribution in [-0.2, 0) is 11.8 Å². The van der Waals surface area contributed by atoms with Gasteiger partial charge in [0.05, 0.1) is 23.7 Å². The highest BCUT2D eigenvalue weighted by atomic mass is 16.5. The SMILES string of the molecule is COc1cccc2c1c(NC(C)=O)c(C(=O)O)n2C. The number of benzene rings is 1. The molecule has 1 heterocycles. The van der Waals surface area contributed by atoms with Gasteiger partial charge in [-0.25, -0.2) is 4.79 Å². The van der Waals surface area contributed by atoms with Gasteiger partial charge in [-0.05, 0) is 12.1 Å². The second kappa shape index (κ2) is 4.64. The molecular weight excluding hydrogens is 248 g/mol. The first-order chi connectivity index (χ1) is 8.97. The Labute approximate surface area is 109 Å². The van der Waals surface area contributed by atoms with Crippen LogP contribution in [0.3, 0.4) is 0 Å². The lowest BCUT2D eigenvalue weighted by molar-refractivity contribution is -0.114. The number of aryl methyl sites for hydroxylation is 1. The molecule has 19 heavy (non-hydrogen) atoms. The number of carbonyl (C=O) groups is 2. The third-order valence-corrected chi connectivity index (χ3v) is 2.91. The number of carbonyl (C=O) groups excluding carboxylic acids is 1. The van der Waals surface area contributed by atoms with E-state index < -0.39 is 5.97 Å². The number of carboxylic acids is 1. The van der Waals surface area contributed by atoms with E-state index in [-0.39, 0.29) is 17.3 Å². The van der Waals surface area contributed by atoms with Gasteiger partial charge in [-0.1, -0.05) is 6.07 Å². The minimum Gasteiger partial charge on any atom is -0.496 e. The molecule has 0 unspecified atom stereocenters. The Kier molecular flexibility index (Phi) is 3.16. The van der Waals surface area contributed by atoms with Crippen LogP contribution in [0.4, 0.5) is 5.69 Å². The van der Waals surface area contributed by atoms with Gasteiger partial charge < -0.3 is 19.7 Å². The van der Waals surface area contributed by atoms with Crippen LogP contribution < -0.4 is 10.1 Å². The van der Waals surface area contributed by atoms with Crippen LogP contribution in [0.1, 0.15) is 17.4 Å². The minimum atomic E-state index is -1.11. The summed E-state index contributed by atoms with van der Waals surface area (Å²) in [6, 6.07) is 5.26. The number of hydrogen-bond acceptors (Lipinski definition) is 3. The molecule has 2 rings (SSSR count). The zero-order chi connectivity index (χ0) is 14.2. The summed E-state index contributed by atoms with van der Waals surface area (Å²) < 4.78 is 6.76. The summed E-state index contributed by atoms with van der Waals surface area (Å²) in [6.45, 7) is 1.33. The molecule has 0 saturated heterocycles. The van der Waals surface area contributed by atoms with E-state index in [1.807, 2.05) is 0 Å². The van der Waals surface area contributed by atoms with Gasteiger partial charge in [-0.15, -0.1) is 0 Å². The Bertz CT molecular complexity index is 673. The van der Waals surface area contributed by atoms with Crippen molar-refractivity contribution in [3.63, 3.8) is 0 Å². The minimum absolute atomic E-state index is 0.0229. The van der Waals surface area contributed by atoms with E-state index in [1.165, 1.54) is 18.6 Å². The zero-order valence-corrected chi connectivity index (χ0v) is 10.9. The number of rotatable bonds is 3. The van der Waals surface area contributed by atoms with E-state index >= 15 is 0 Å². The molecule has 1 aromatic heterocycles. The van der Waals surface area contributed by atoms with Crippen LogP contribution in [0.15, 0.2) is 18.2 Å². The number of aromatic carboxylic acids is 1. The summed E-state index contributed by atoms with van der Waals surface area (Å²) in [5.74, 6) is -0.922. The maximum absolute atomic E-state index is 11.4. The lowest BCUT2D eigenvalue weighted by atomic mass is 10.2. The maximum atomic E-state index is 11.4. The molecule has 1 amide bonds. The highest BCUT2D eigenvalue weighted by Crippen LogP contribution is 2.37. The van der Waals surface area contributed by atoms with Crippen LogP contribution >= 0.6 is 0 Å². The quantitative estimate of drug-likeness (QED) is 0.884. The number of anilines is 1. The predicted molar refractivity (Wildman–Crippen MR) is 70.7 cm³/mol. The number of carboxylic acid groups (broad SMARTS) is 1. The fourth-order valence-corrected chi connectivity index (χ4v) is 2.18. The highest BCUT2D eigenvalue weighted by molar-refractivity contribution is 6.12. The van der Waals surface area contributed by atoms with Crippen molar-refractivity contribution in [3.05, 3.63) is 23.9 Å². The van der Waals surface area contributed by atoms with Crippen molar-refractivity contribution >= 4 is 28.5 Å². The van der Waals surface area contributed by atoms with E-state index in [0.29, 0.717) is 16.7 Å². The largest absolute Gasteiger partial charge is 0.496 e. The molecule has 1 aromatic carbocycles. The van der Waals surface area contributed by atoms with Gasteiger partial charge in [0.15, 0.2) is 5.69 Å². The van der Waals surface area contributed by atoms with Crippen molar-refractivity contribution in [3.8, 4) is 5.75 Å². The average Bonchev–Trinajstić information content (AvgIpc) is 2.62. The summed E-state index contributed by atoms with van der Waals surface area (Å²) in [4.78, 5) is 22.7. The summed E-state index contributed by atoms with van der Waals surface area (Å²) in [5.41, 5.74) is 0.963. The van der Waals surface area contributed by atoms with Crippen LogP contribution in [0.5, 0.6) is 5.75 Å². The predicted octanol–water partition coefficient (Wildman–Crippen LogP) is 1.84. The molecule has 0 aliphatic heterocycles. The Balaban J connectivity index is 2.89. The number of aromatic nitrogens is 1. The van der Waals surface area contributed by atoms with Gasteiger partial charge >= 0.3 is 5.97 Å². The second-order valence-electron chi connectivity index (χ2n) is 4.12. The lowest BCUT2D eigenvalue weighted by Crippen LogP contribution is -2.12. The first kappa shape index (κ1) is 12.9. The van der Waals surface area contributed by atoms with Crippen LogP contribution in [-0.4, -0.2) is 28.7 Å². The van der Waals surface area contributed by atoms with Gasteiger partial charge in [-0.3, -0.25) is 4.79 Å². The van der Waals surface area contributed by atoms with Gasteiger partial charge in [-0.2, -0.15) is 0 Å². The van der Waals surface area contributed by atoms with Gasteiger partial charge in [0.2, 0.25) is 5.91 Å². The van der Waals surface area contributed by atoms with Crippen LogP contribution in [0, 0.1) is 0 Å². The number of amides is 1. The summed E-state index contributed by atoms with van der Waals surface area (Å²) in [7, 11) is 3.14. The van der Waals surface area contributed by atoms with E-state index in [9.17, 15) is 14.7 Å². The number of nitrogens with zero attached hydrogens (tertiary/aromatic N) is 1. The molecule has 0 aliphatic carbocycles. The molecule has 0 atom stereocenters. The van der Waals surface area contributed by atoms with E-state index in [0.717, 1.165) is 0 Å². The van der Waals surface area contributed by atoms with Crippen molar-refractivity contribution in [2.75, 3.05) is 12.4 Å². The van der Waals surface area contributed by atoms with E-state index in [4.69, 9.17) is 4.74 Å². The topological polar surface area (TPSA) is 80.6 Å². The Morgan fingerprint density at radius 1 is 1.37 bits per heavy atom. The van der Waals surface area contributed by atoms with Crippen LogP contribution in [0.25, 0.3) is 10.9 Å². The van der Waals surface area contributed by atoms with Crippen molar-refractivity contribution in [1.29, 1.82) is 0 Å². The molecule has 0 saturated carbocycles. The molecule has 2 N–H and O–H groups in total. The molecule has 0 aliphatic rings. The van der Waals surface area contributed by atoms with Crippen molar-refractivity contribution in [1.82, 2.24) is 4.57 Å². The standard InChI is InChI=1S/C13H14N2O4/c1-7(16)14-11-10-8(5-4-6-9(10)19-3)15(2)12(11)13(17)18/h4-6H,1-3H3,(H,14,16)(H,17,18). The Morgan fingerprint density at radius 2 is 2.05 bits per heavy atom. The maximum Gasteiger partial charge on any atom is 0.354 e. The van der Waals surface area contributed by atoms with Gasteiger partial charge in [0.25, 0.3) is 0 Å². The lowest BCUT2D eigenvalue weighted by Gasteiger charge is -2.05. The summed E-state index contributed by atoms with van der Waals surface area (Å²) >= 11 is 0. The van der Waals surface area contributed by atoms with Gasteiger partial charge in [0.1, 0.15) is 5.75 Å². The molecule has 100 valence electrons. The third-order valence-electron chi connectivity index (χ3n) is 2.91. The van der Waals surface area contributed by atoms with E-state index in [2.05, 4.69) is 5.32 Å². The number of fused-ring (bicyclic) bond motifs is 1. The molecule has 0 fully saturated rings. The average molecular weight is 262 g/mol. The van der Waals surface area contributed by atoms with Gasteiger partial charge in [0, 0.05) is 14.0 Å². The second-order valence-corrected chi connectivity index (χ2v) is 4.12. The molecule has 6 heteroatoms. The first-order valence-electron chi connectivity index (χ1n) is 5.63. The third kappa shape index (κ3) is 2.01. The first-order valence-corrected chi connectivity index (χ1v) is 5.63. The monoisotopic (exact) mass is 262 g/mol. The molecule has 0 spiro atoms. The molecule has 0 bridgehead atoms. The summed E-state index contributed by atoms with van der Waals surface area (Å²) in [5, 5.41) is 12.5. The molecule has 0 radical (unpaired) electrons. The normalized spacial score (nSPS) is 10.5. The number of ether oxygens (including phenoxy) is 1. The van der Waals surface area contributed by atoms with Crippen LogP contribution in [0.2, 0.25) is 0 Å². The van der Waals surface area contributed by atoms with Crippen molar-refractivity contribution in [2.24, 2.45) is 7.05 Å². The Morgan fingerprint density at radius 3 is 2.58 bits per heavy atom. The fourth-order valence-electron chi connectivity index (χ4n) is 2.18. The van der Waals surface area contributed by atoms with Crippen molar-refractivity contribution < 1.29 is 19.4 Å². The fraction of sp³-hybridized carbons (Fsp3) is 0.231. The molecule has 6 nitrogen and oxygen atoms in total. The molecule has 2 aromatic rings. The molecular formula is C13H14N2O4. The highest BCUT2D eigenvalue weighted by Gasteiger charge is 2.23. The number of hydrogen-bond donors (Lipinski definition) is 2. The summed E-state index contributed by atoms with van der Waals surface area (Å²) in [6.07, 6.45) is 0. The zero-order valence-electron chi connectivity index (χ0n) is 10.9. The van der Waals surface area contributed by atoms with Crippen molar-refractivity contribution in [2.45, 2.75) is 6.92 Å². The number of nitrogens with one attached hydrogen (secondary N) is 1. The Hall–Kier alpha value is -2.50. The number of methoxy groups -OCH3 is 1. The van der Waals surface area contributed by atoms with E-state index in [1.54, 1.807) is 25.2 Å².